The van der Waals surface area contributed by atoms with Crippen LogP contribution in [0, 0.1) is 5.41 Å². The van der Waals surface area contributed by atoms with Crippen LogP contribution in [0.2, 0.25) is 0 Å². The minimum absolute atomic E-state index is 0.0419. The van der Waals surface area contributed by atoms with E-state index in [1.165, 1.54) is 0 Å². The van der Waals surface area contributed by atoms with Crippen LogP contribution in [0.5, 0.6) is 0 Å². The molecule has 3 N–H and O–H groups in total. The summed E-state index contributed by atoms with van der Waals surface area (Å²) in [4.78, 5) is 23.0. The zero-order valence-electron chi connectivity index (χ0n) is 13.8. The SMILES string of the molecule is C=CNc1[nH]ccc1C(=N)N1CCC[C@@]2(CCN2C(=O)CN=C)C1. The molecule has 2 aliphatic heterocycles. The number of carbonyl (C=O) groups excluding carboxylic acids is 1. The molecule has 0 saturated carbocycles. The van der Waals surface area contributed by atoms with Gasteiger partial charge in [0.25, 0.3) is 0 Å². The van der Waals surface area contributed by atoms with Crippen LogP contribution in [0.3, 0.4) is 0 Å². The van der Waals surface area contributed by atoms with Crippen molar-refractivity contribution < 1.29 is 4.79 Å². The van der Waals surface area contributed by atoms with Crippen molar-refractivity contribution in [2.45, 2.75) is 24.8 Å². The van der Waals surface area contributed by atoms with Crippen molar-refractivity contribution in [2.75, 3.05) is 31.5 Å². The van der Waals surface area contributed by atoms with Crippen LogP contribution in [0.1, 0.15) is 24.8 Å². The molecule has 7 nitrogen and oxygen atoms in total. The molecule has 1 aromatic heterocycles. The van der Waals surface area contributed by atoms with E-state index in [2.05, 4.69) is 33.5 Å². The number of aromatic amines is 1. The van der Waals surface area contributed by atoms with Crippen LogP contribution < -0.4 is 5.32 Å². The summed E-state index contributed by atoms with van der Waals surface area (Å²) < 4.78 is 0. The smallest absolute Gasteiger partial charge is 0.244 e. The van der Waals surface area contributed by atoms with Gasteiger partial charge in [0, 0.05) is 25.8 Å². The van der Waals surface area contributed by atoms with Gasteiger partial charge in [0.1, 0.15) is 18.2 Å². The number of hydrogen-bond donors (Lipinski definition) is 3. The van der Waals surface area contributed by atoms with Crippen LogP contribution in [-0.2, 0) is 4.79 Å². The highest BCUT2D eigenvalue weighted by Crippen LogP contribution is 2.39. The maximum absolute atomic E-state index is 12.2. The second kappa shape index (κ2) is 6.51. The molecular formula is C17H24N6O. The van der Waals surface area contributed by atoms with Gasteiger partial charge in [-0.2, -0.15) is 0 Å². The molecule has 0 aliphatic carbocycles. The van der Waals surface area contributed by atoms with Crippen LogP contribution in [0.4, 0.5) is 5.82 Å². The summed E-state index contributed by atoms with van der Waals surface area (Å²) in [5.74, 6) is 1.29. The first-order valence-corrected chi connectivity index (χ1v) is 8.23. The normalized spacial score (nSPS) is 22.8. The molecule has 3 rings (SSSR count). The Hall–Kier alpha value is -2.57. The van der Waals surface area contributed by atoms with Gasteiger partial charge >= 0.3 is 0 Å². The van der Waals surface area contributed by atoms with Crippen molar-refractivity contribution in [3.05, 3.63) is 30.6 Å². The molecule has 1 amide bonds. The van der Waals surface area contributed by atoms with Gasteiger partial charge in [-0.05, 0) is 38.2 Å². The van der Waals surface area contributed by atoms with Crippen LogP contribution in [-0.4, -0.2) is 65.0 Å². The molecule has 1 spiro atoms. The number of nitrogens with one attached hydrogen (secondary N) is 3. The minimum atomic E-state index is -0.144. The predicted molar refractivity (Wildman–Crippen MR) is 95.7 cm³/mol. The van der Waals surface area contributed by atoms with E-state index in [1.54, 1.807) is 6.20 Å². The third-order valence-electron chi connectivity index (χ3n) is 5.04. The van der Waals surface area contributed by atoms with Crippen molar-refractivity contribution in [3.8, 4) is 0 Å². The second-order valence-electron chi connectivity index (χ2n) is 6.39. The Labute approximate surface area is 141 Å². The van der Waals surface area contributed by atoms with E-state index < -0.39 is 0 Å². The van der Waals surface area contributed by atoms with Crippen molar-refractivity contribution in [2.24, 2.45) is 4.99 Å². The third-order valence-corrected chi connectivity index (χ3v) is 5.04. The molecule has 1 aromatic rings. The topological polar surface area (TPSA) is 87.6 Å². The van der Waals surface area contributed by atoms with E-state index in [-0.39, 0.29) is 18.0 Å². The van der Waals surface area contributed by atoms with E-state index in [4.69, 9.17) is 5.41 Å². The molecule has 2 aliphatic rings. The van der Waals surface area contributed by atoms with Gasteiger partial charge in [-0.15, -0.1) is 0 Å². The standard InChI is InChI=1S/C17H24N6O/c1-3-20-16-13(5-8-21-16)15(18)22-9-4-6-17(12-22)7-10-23(17)14(24)11-19-2/h3,5,8,18,20-21H,1-2,4,6-7,9-12H2/t17-/m1/s1. The van der Waals surface area contributed by atoms with Crippen LogP contribution in [0.25, 0.3) is 0 Å². The first kappa shape index (κ1) is 16.3. The third kappa shape index (κ3) is 2.70. The summed E-state index contributed by atoms with van der Waals surface area (Å²) in [5.41, 5.74) is 0.672. The molecule has 0 aromatic carbocycles. The van der Waals surface area contributed by atoms with E-state index >= 15 is 0 Å². The zero-order chi connectivity index (χ0) is 17.2. The van der Waals surface area contributed by atoms with E-state index in [0.717, 1.165) is 43.7 Å². The van der Waals surface area contributed by atoms with Crippen molar-refractivity contribution in [1.82, 2.24) is 14.8 Å². The molecule has 0 radical (unpaired) electrons. The van der Waals surface area contributed by atoms with Crippen LogP contribution >= 0.6 is 0 Å². The van der Waals surface area contributed by atoms with E-state index in [9.17, 15) is 4.79 Å². The highest BCUT2D eigenvalue weighted by molar-refractivity contribution is 6.01. The number of amidine groups is 1. The Morgan fingerprint density at radius 1 is 1.50 bits per heavy atom. The number of amides is 1. The number of aromatic nitrogens is 1. The molecule has 0 unspecified atom stereocenters. The molecular weight excluding hydrogens is 304 g/mol. The Morgan fingerprint density at radius 2 is 2.33 bits per heavy atom. The van der Waals surface area contributed by atoms with Gasteiger partial charge in [-0.1, -0.05) is 6.58 Å². The summed E-state index contributed by atoms with van der Waals surface area (Å²) in [7, 11) is 0. The molecule has 7 heteroatoms. The lowest BCUT2D eigenvalue weighted by atomic mass is 9.77. The second-order valence-corrected chi connectivity index (χ2v) is 6.39. The highest BCUT2D eigenvalue weighted by Gasteiger charge is 2.49. The van der Waals surface area contributed by atoms with E-state index in [0.29, 0.717) is 12.4 Å². The first-order chi connectivity index (χ1) is 11.6. The number of likely N-dealkylation sites (tertiary alicyclic amines) is 2. The first-order valence-electron chi connectivity index (χ1n) is 8.23. The Morgan fingerprint density at radius 3 is 3.00 bits per heavy atom. The number of aliphatic imine (C=N–C) groups is 1. The highest BCUT2D eigenvalue weighted by atomic mass is 16.2. The Bertz CT molecular complexity index is 666. The largest absolute Gasteiger partial charge is 0.354 e. The lowest BCUT2D eigenvalue weighted by Gasteiger charge is -2.57. The van der Waals surface area contributed by atoms with Gasteiger partial charge < -0.3 is 20.1 Å². The number of carbonyl (C=O) groups is 1. The lowest BCUT2D eigenvalue weighted by Crippen LogP contribution is -2.69. The number of rotatable bonds is 5. The zero-order valence-corrected chi connectivity index (χ0v) is 13.8. The fourth-order valence-corrected chi connectivity index (χ4v) is 3.80. The number of piperidine rings is 1. The summed E-state index contributed by atoms with van der Waals surface area (Å²) in [5, 5.41) is 11.6. The summed E-state index contributed by atoms with van der Waals surface area (Å²) in [6, 6.07) is 1.89. The van der Waals surface area contributed by atoms with Gasteiger partial charge in [0.15, 0.2) is 0 Å². The van der Waals surface area contributed by atoms with Gasteiger partial charge in [0.2, 0.25) is 5.91 Å². The average Bonchev–Trinajstić information content (AvgIpc) is 3.02. The maximum Gasteiger partial charge on any atom is 0.244 e. The molecule has 0 bridgehead atoms. The minimum Gasteiger partial charge on any atom is -0.354 e. The molecule has 3 heterocycles. The maximum atomic E-state index is 12.2. The number of H-pyrrole nitrogens is 1. The monoisotopic (exact) mass is 328 g/mol. The molecule has 2 saturated heterocycles. The lowest BCUT2D eigenvalue weighted by molar-refractivity contribution is -0.149. The van der Waals surface area contributed by atoms with Crippen molar-refractivity contribution in [3.63, 3.8) is 0 Å². The Kier molecular flexibility index (Phi) is 4.42. The van der Waals surface area contributed by atoms with Crippen molar-refractivity contribution >= 4 is 24.3 Å². The summed E-state index contributed by atoms with van der Waals surface area (Å²) >= 11 is 0. The molecule has 1 atom stereocenters. The fraction of sp³-hybridized carbons (Fsp3) is 0.471. The quantitative estimate of drug-likeness (QED) is 0.567. The fourth-order valence-electron chi connectivity index (χ4n) is 3.80. The summed E-state index contributed by atoms with van der Waals surface area (Å²) in [6.07, 6.45) is 6.36. The number of hydrogen-bond acceptors (Lipinski definition) is 4. The number of nitrogens with zero attached hydrogens (tertiary/aromatic N) is 3. The average molecular weight is 328 g/mol. The van der Waals surface area contributed by atoms with Crippen molar-refractivity contribution in [1.29, 1.82) is 5.41 Å². The van der Waals surface area contributed by atoms with Crippen LogP contribution in [0.15, 0.2) is 30.0 Å². The van der Waals surface area contributed by atoms with Gasteiger partial charge in [0.05, 0.1) is 11.1 Å². The predicted octanol–water partition coefficient (Wildman–Crippen LogP) is 1.66. The molecule has 128 valence electrons. The molecule has 24 heavy (non-hydrogen) atoms. The summed E-state index contributed by atoms with van der Waals surface area (Å²) in [6.45, 7) is 9.55. The van der Waals surface area contributed by atoms with Gasteiger partial charge in [-0.3, -0.25) is 15.2 Å². The number of anilines is 1. The van der Waals surface area contributed by atoms with Gasteiger partial charge in [-0.25, -0.2) is 0 Å². The van der Waals surface area contributed by atoms with E-state index in [1.807, 2.05) is 17.2 Å². The molecule has 2 fully saturated rings. The Balaban J connectivity index is 1.75.